The van der Waals surface area contributed by atoms with E-state index in [2.05, 4.69) is 28.0 Å². The first-order valence-electron chi connectivity index (χ1n) is 9.18. The van der Waals surface area contributed by atoms with Gasteiger partial charge < -0.3 is 4.90 Å². The standard InChI is InChI=1S/C20H25ClN2O/c1-2-20(24)23-18-10-11-19(23)17-9-8-16(18)22(17)12-4-6-14-5-3-7-15(21)13-14/h3-7,13,16-19H,2,8-12H2,1H3/b6-4+/t16-,17+,18-,19+. The summed E-state index contributed by atoms with van der Waals surface area (Å²) in [5, 5.41) is 0.780. The number of amides is 1. The Balaban J connectivity index is 1.48. The average Bonchev–Trinajstić information content (AvgIpc) is 3.08. The predicted molar refractivity (Wildman–Crippen MR) is 97.9 cm³/mol. The first kappa shape index (κ1) is 16.2. The monoisotopic (exact) mass is 344 g/mol. The van der Waals surface area contributed by atoms with Crippen LogP contribution in [0.4, 0.5) is 0 Å². The molecule has 1 aromatic carbocycles. The minimum Gasteiger partial charge on any atom is -0.334 e. The van der Waals surface area contributed by atoms with Gasteiger partial charge in [-0.2, -0.15) is 0 Å². The molecular formula is C20H25ClN2O. The number of piperazine rings is 1. The van der Waals surface area contributed by atoms with Crippen LogP contribution in [0.2, 0.25) is 5.02 Å². The van der Waals surface area contributed by atoms with Gasteiger partial charge in [-0.15, -0.1) is 0 Å². The van der Waals surface area contributed by atoms with Crippen LogP contribution in [0.3, 0.4) is 0 Å². The summed E-state index contributed by atoms with van der Waals surface area (Å²) in [7, 11) is 0. The SMILES string of the molecule is CCC(=O)N1[C@@H]2CC[C@H]1[C@@H]1CC[C@H]2N1C/C=C/c1cccc(Cl)c1. The van der Waals surface area contributed by atoms with Crippen molar-refractivity contribution in [2.24, 2.45) is 0 Å². The first-order valence-corrected chi connectivity index (χ1v) is 9.56. The maximum absolute atomic E-state index is 12.4. The van der Waals surface area contributed by atoms with Crippen molar-refractivity contribution >= 4 is 23.6 Å². The number of nitrogens with zero attached hydrogens (tertiary/aromatic N) is 2. The number of benzene rings is 1. The van der Waals surface area contributed by atoms with E-state index in [1.54, 1.807) is 0 Å². The van der Waals surface area contributed by atoms with Crippen LogP contribution in [0.15, 0.2) is 30.3 Å². The molecule has 3 aliphatic heterocycles. The van der Waals surface area contributed by atoms with Gasteiger partial charge in [0.25, 0.3) is 0 Å². The van der Waals surface area contributed by atoms with E-state index in [4.69, 9.17) is 11.6 Å². The van der Waals surface area contributed by atoms with E-state index in [1.807, 2.05) is 25.1 Å². The fourth-order valence-corrected chi connectivity index (χ4v) is 5.31. The fraction of sp³-hybridized carbons (Fsp3) is 0.550. The van der Waals surface area contributed by atoms with E-state index in [0.29, 0.717) is 36.5 Å². The van der Waals surface area contributed by atoms with Gasteiger partial charge >= 0.3 is 0 Å². The second kappa shape index (κ2) is 6.53. The predicted octanol–water partition coefficient (Wildman–Crippen LogP) is 3.97. The van der Waals surface area contributed by atoms with Gasteiger partial charge in [0.2, 0.25) is 5.91 Å². The van der Waals surface area contributed by atoms with Gasteiger partial charge in [0.15, 0.2) is 0 Å². The Hall–Kier alpha value is -1.32. The largest absolute Gasteiger partial charge is 0.334 e. The van der Waals surface area contributed by atoms with Crippen molar-refractivity contribution < 1.29 is 4.79 Å². The molecule has 0 N–H and O–H groups in total. The van der Waals surface area contributed by atoms with Crippen LogP contribution in [0.5, 0.6) is 0 Å². The molecule has 0 aliphatic carbocycles. The molecule has 3 fully saturated rings. The third kappa shape index (κ3) is 2.68. The number of hydrogen-bond donors (Lipinski definition) is 0. The van der Waals surface area contributed by atoms with Gasteiger partial charge in [-0.05, 0) is 43.4 Å². The number of carbonyl (C=O) groups excluding carboxylic acids is 1. The summed E-state index contributed by atoms with van der Waals surface area (Å²) >= 11 is 6.05. The zero-order valence-corrected chi connectivity index (χ0v) is 15.0. The number of halogens is 1. The Morgan fingerprint density at radius 2 is 1.83 bits per heavy atom. The van der Waals surface area contributed by atoms with Crippen molar-refractivity contribution in [3.05, 3.63) is 40.9 Å². The molecule has 4 atom stereocenters. The molecule has 0 aromatic heterocycles. The van der Waals surface area contributed by atoms with Gasteiger partial charge in [-0.1, -0.05) is 42.8 Å². The molecule has 0 spiro atoms. The van der Waals surface area contributed by atoms with E-state index >= 15 is 0 Å². The van der Waals surface area contributed by atoms with Crippen LogP contribution in [0.25, 0.3) is 6.08 Å². The molecular weight excluding hydrogens is 320 g/mol. The summed E-state index contributed by atoms with van der Waals surface area (Å²) in [6.07, 6.45) is 9.92. The maximum atomic E-state index is 12.4. The number of carbonyl (C=O) groups is 1. The smallest absolute Gasteiger partial charge is 0.222 e. The van der Waals surface area contributed by atoms with Crippen LogP contribution < -0.4 is 0 Å². The molecule has 1 aromatic rings. The molecule has 3 aliphatic rings. The lowest BCUT2D eigenvalue weighted by atomic mass is 10.0. The summed E-state index contributed by atoms with van der Waals surface area (Å²) in [6, 6.07) is 9.96. The highest BCUT2D eigenvalue weighted by molar-refractivity contribution is 6.30. The Bertz CT molecular complexity index is 639. The van der Waals surface area contributed by atoms with Crippen molar-refractivity contribution in [3.63, 3.8) is 0 Å². The third-order valence-corrected chi connectivity index (χ3v) is 6.27. The zero-order valence-electron chi connectivity index (χ0n) is 14.2. The summed E-state index contributed by atoms with van der Waals surface area (Å²) in [4.78, 5) is 17.3. The van der Waals surface area contributed by atoms with E-state index in [-0.39, 0.29) is 0 Å². The van der Waals surface area contributed by atoms with Crippen molar-refractivity contribution in [1.29, 1.82) is 0 Å². The Morgan fingerprint density at radius 3 is 2.46 bits per heavy atom. The minimum atomic E-state index is 0.355. The van der Waals surface area contributed by atoms with Gasteiger partial charge in [0.1, 0.15) is 0 Å². The summed E-state index contributed by atoms with van der Waals surface area (Å²) < 4.78 is 0. The van der Waals surface area contributed by atoms with Crippen molar-refractivity contribution in [2.75, 3.05) is 6.54 Å². The minimum absolute atomic E-state index is 0.355. The molecule has 24 heavy (non-hydrogen) atoms. The van der Waals surface area contributed by atoms with Gasteiger partial charge in [-0.3, -0.25) is 9.69 Å². The Kier molecular flexibility index (Phi) is 4.40. The van der Waals surface area contributed by atoms with Crippen LogP contribution >= 0.6 is 11.6 Å². The van der Waals surface area contributed by atoms with Crippen LogP contribution in [0, 0.1) is 0 Å². The lowest BCUT2D eigenvalue weighted by Gasteiger charge is -2.46. The van der Waals surface area contributed by atoms with Crippen molar-refractivity contribution in [2.45, 2.75) is 63.2 Å². The second-order valence-electron chi connectivity index (χ2n) is 7.23. The molecule has 128 valence electrons. The van der Waals surface area contributed by atoms with Crippen LogP contribution in [-0.4, -0.2) is 46.4 Å². The summed E-state index contributed by atoms with van der Waals surface area (Å²) in [5.74, 6) is 0.355. The number of rotatable bonds is 4. The molecule has 3 saturated heterocycles. The molecule has 4 rings (SSSR count). The van der Waals surface area contributed by atoms with Crippen molar-refractivity contribution in [3.8, 4) is 0 Å². The number of hydrogen-bond acceptors (Lipinski definition) is 2. The molecule has 0 radical (unpaired) electrons. The summed E-state index contributed by atoms with van der Waals surface area (Å²) in [5.41, 5.74) is 1.15. The molecule has 3 nitrogen and oxygen atoms in total. The van der Waals surface area contributed by atoms with Gasteiger partial charge in [0.05, 0.1) is 0 Å². The highest BCUT2D eigenvalue weighted by Gasteiger charge is 2.55. The zero-order chi connectivity index (χ0) is 16.7. The van der Waals surface area contributed by atoms with E-state index in [9.17, 15) is 4.79 Å². The Labute approximate surface area is 149 Å². The molecule has 0 unspecified atom stereocenters. The highest BCUT2D eigenvalue weighted by Crippen LogP contribution is 2.45. The van der Waals surface area contributed by atoms with Crippen LogP contribution in [0.1, 0.15) is 44.6 Å². The maximum Gasteiger partial charge on any atom is 0.222 e. The van der Waals surface area contributed by atoms with E-state index in [0.717, 1.165) is 17.1 Å². The van der Waals surface area contributed by atoms with Crippen molar-refractivity contribution in [1.82, 2.24) is 9.80 Å². The third-order valence-electron chi connectivity index (χ3n) is 6.04. The number of fused-ring (bicyclic) bond motifs is 6. The quantitative estimate of drug-likeness (QED) is 0.825. The first-order chi connectivity index (χ1) is 11.7. The molecule has 4 bridgehead atoms. The van der Waals surface area contributed by atoms with Crippen LogP contribution in [-0.2, 0) is 4.79 Å². The average molecular weight is 345 g/mol. The Morgan fingerprint density at radius 1 is 1.17 bits per heavy atom. The lowest BCUT2D eigenvalue weighted by molar-refractivity contribution is -0.139. The fourth-order valence-electron chi connectivity index (χ4n) is 5.11. The topological polar surface area (TPSA) is 23.6 Å². The van der Waals surface area contributed by atoms with Gasteiger partial charge in [0, 0.05) is 42.2 Å². The summed E-state index contributed by atoms with van der Waals surface area (Å²) in [6.45, 7) is 2.97. The molecule has 4 heteroatoms. The van der Waals surface area contributed by atoms with E-state index < -0.39 is 0 Å². The molecule has 0 saturated carbocycles. The lowest BCUT2D eigenvalue weighted by Crippen LogP contribution is -2.61. The highest BCUT2D eigenvalue weighted by atomic mass is 35.5. The van der Waals surface area contributed by atoms with Gasteiger partial charge in [-0.25, -0.2) is 0 Å². The normalized spacial score (nSPS) is 32.0. The van der Waals surface area contributed by atoms with E-state index in [1.165, 1.54) is 25.7 Å². The second-order valence-corrected chi connectivity index (χ2v) is 7.67. The molecule has 3 heterocycles. The molecule has 1 amide bonds.